The number of esters is 1. The van der Waals surface area contributed by atoms with Gasteiger partial charge in [-0.2, -0.15) is 5.26 Å². The number of nitriles is 1. The summed E-state index contributed by atoms with van der Waals surface area (Å²) in [6, 6.07) is 20.8. The van der Waals surface area contributed by atoms with Crippen molar-refractivity contribution in [2.24, 2.45) is 0 Å². The summed E-state index contributed by atoms with van der Waals surface area (Å²) in [6.07, 6.45) is -1.36. The molecule has 0 saturated carbocycles. The van der Waals surface area contributed by atoms with Gasteiger partial charge in [-0.1, -0.05) is 36.4 Å². The molecule has 0 spiro atoms. The van der Waals surface area contributed by atoms with Crippen molar-refractivity contribution in [3.8, 4) is 11.8 Å². The highest BCUT2D eigenvalue weighted by Gasteiger charge is 2.27. The third-order valence-corrected chi connectivity index (χ3v) is 4.54. The number of ether oxygens (including phenoxy) is 2. The Balaban J connectivity index is 1.75. The number of benzene rings is 3. The smallest absolute Gasteiger partial charge is 0.345 e. The molecule has 1 N–H and O–H groups in total. The van der Waals surface area contributed by atoms with Gasteiger partial charge in [0.15, 0.2) is 6.61 Å². The first-order valence-electron chi connectivity index (χ1n) is 9.80. The first-order valence-corrected chi connectivity index (χ1v) is 9.80. The summed E-state index contributed by atoms with van der Waals surface area (Å²) in [5.74, 6) is -1.22. The predicted octanol–water partition coefficient (Wildman–Crippen LogP) is 4.08. The number of nitrogens with zero attached hydrogens (tertiary/aromatic N) is 2. The summed E-state index contributed by atoms with van der Waals surface area (Å²) in [4.78, 5) is 36.2. The maximum absolute atomic E-state index is 13.0. The summed E-state index contributed by atoms with van der Waals surface area (Å²) in [5, 5.41) is 22.7. The molecule has 0 saturated heterocycles. The van der Waals surface area contributed by atoms with E-state index in [0.29, 0.717) is 22.4 Å². The van der Waals surface area contributed by atoms with Crippen molar-refractivity contribution in [1.29, 1.82) is 5.26 Å². The quantitative estimate of drug-likeness (QED) is 0.314. The average Bonchev–Trinajstić information content (AvgIpc) is 2.83. The van der Waals surface area contributed by atoms with Gasteiger partial charge in [0.05, 0.1) is 16.6 Å². The van der Waals surface area contributed by atoms with Crippen molar-refractivity contribution >= 4 is 23.3 Å². The van der Waals surface area contributed by atoms with Gasteiger partial charge in [-0.25, -0.2) is 4.79 Å². The number of hydrogen-bond donors (Lipinski definition) is 1. The number of nitro benzene ring substituents is 1. The summed E-state index contributed by atoms with van der Waals surface area (Å²) in [7, 11) is 0. The summed E-state index contributed by atoms with van der Waals surface area (Å²) >= 11 is 0. The van der Waals surface area contributed by atoms with Gasteiger partial charge >= 0.3 is 5.97 Å². The van der Waals surface area contributed by atoms with Crippen LogP contribution in [0.15, 0.2) is 72.8 Å². The van der Waals surface area contributed by atoms with Crippen LogP contribution in [0, 0.1) is 28.4 Å². The van der Waals surface area contributed by atoms with E-state index < -0.39 is 29.5 Å². The maximum Gasteiger partial charge on any atom is 0.345 e. The predicted molar refractivity (Wildman–Crippen MR) is 118 cm³/mol. The minimum absolute atomic E-state index is 0.0126. The highest BCUT2D eigenvalue weighted by Crippen LogP contribution is 2.28. The Morgan fingerprint density at radius 3 is 2.42 bits per heavy atom. The Kier molecular flexibility index (Phi) is 7.34. The molecule has 0 fully saturated rings. The fraction of sp³-hybridized carbons (Fsp3) is 0.125. The largest absolute Gasteiger partial charge is 0.482 e. The number of carbonyl (C=O) groups is 2. The molecule has 1 unspecified atom stereocenters. The number of rotatable bonds is 8. The van der Waals surface area contributed by atoms with Crippen LogP contribution >= 0.6 is 0 Å². The zero-order chi connectivity index (χ0) is 23.8. The molecule has 0 radical (unpaired) electrons. The average molecular weight is 445 g/mol. The molecular weight excluding hydrogens is 426 g/mol. The molecule has 9 heteroatoms. The maximum atomic E-state index is 13.0. The van der Waals surface area contributed by atoms with E-state index in [9.17, 15) is 19.7 Å². The zero-order valence-electron chi connectivity index (χ0n) is 17.6. The van der Waals surface area contributed by atoms with Crippen LogP contribution in [0.25, 0.3) is 0 Å². The topological polar surface area (TPSA) is 132 Å². The molecule has 3 aromatic rings. The Bertz CT molecular complexity index is 1200. The van der Waals surface area contributed by atoms with E-state index in [1.807, 2.05) is 6.07 Å². The van der Waals surface area contributed by atoms with E-state index in [4.69, 9.17) is 14.7 Å². The lowest BCUT2D eigenvalue weighted by Gasteiger charge is -2.18. The summed E-state index contributed by atoms with van der Waals surface area (Å²) in [5.41, 5.74) is 1.20. The summed E-state index contributed by atoms with van der Waals surface area (Å²) < 4.78 is 10.7. The van der Waals surface area contributed by atoms with Crippen LogP contribution < -0.4 is 10.1 Å². The van der Waals surface area contributed by atoms with Crippen molar-refractivity contribution in [2.75, 3.05) is 11.9 Å². The van der Waals surface area contributed by atoms with Crippen LogP contribution in [-0.4, -0.2) is 23.4 Å². The second kappa shape index (κ2) is 10.5. The van der Waals surface area contributed by atoms with E-state index in [-0.39, 0.29) is 11.4 Å². The molecule has 0 aliphatic heterocycles. The van der Waals surface area contributed by atoms with E-state index in [2.05, 4.69) is 5.32 Å². The Morgan fingerprint density at radius 1 is 1.09 bits per heavy atom. The number of aryl methyl sites for hydroxylation is 1. The molecule has 166 valence electrons. The van der Waals surface area contributed by atoms with Crippen molar-refractivity contribution in [1.82, 2.24) is 0 Å². The molecule has 3 aromatic carbocycles. The van der Waals surface area contributed by atoms with E-state index >= 15 is 0 Å². The normalized spacial score (nSPS) is 11.0. The molecule has 1 amide bonds. The molecule has 33 heavy (non-hydrogen) atoms. The number of anilines is 1. The van der Waals surface area contributed by atoms with Crippen molar-refractivity contribution in [3.05, 3.63) is 99.6 Å². The van der Waals surface area contributed by atoms with Gasteiger partial charge in [0.2, 0.25) is 6.10 Å². The van der Waals surface area contributed by atoms with Crippen molar-refractivity contribution in [2.45, 2.75) is 13.0 Å². The van der Waals surface area contributed by atoms with Crippen molar-refractivity contribution in [3.63, 3.8) is 0 Å². The van der Waals surface area contributed by atoms with Gasteiger partial charge in [-0.05, 0) is 42.8 Å². The molecular formula is C24H19N3O6. The number of nitrogens with one attached hydrogen (secondary N) is 1. The zero-order valence-corrected chi connectivity index (χ0v) is 17.6. The van der Waals surface area contributed by atoms with Crippen LogP contribution in [0.4, 0.5) is 11.4 Å². The molecule has 0 heterocycles. The van der Waals surface area contributed by atoms with E-state index in [0.717, 1.165) is 0 Å². The molecule has 3 rings (SSSR count). The third kappa shape index (κ3) is 6.15. The van der Waals surface area contributed by atoms with E-state index in [1.54, 1.807) is 43.3 Å². The van der Waals surface area contributed by atoms with E-state index in [1.165, 1.54) is 36.4 Å². The molecule has 1 atom stereocenters. The SMILES string of the molecule is Cc1ccc(NC(=O)C(OC(=O)COc2ccc(C#N)cc2)c2ccccc2)c([N+](=O)[O-])c1. The van der Waals surface area contributed by atoms with Crippen LogP contribution in [0.5, 0.6) is 5.75 Å². The highest BCUT2D eigenvalue weighted by atomic mass is 16.6. The minimum atomic E-state index is -1.36. The fourth-order valence-electron chi connectivity index (χ4n) is 2.93. The lowest BCUT2D eigenvalue weighted by molar-refractivity contribution is -0.384. The number of carbonyl (C=O) groups excluding carboxylic acids is 2. The van der Waals surface area contributed by atoms with Gasteiger partial charge in [-0.15, -0.1) is 0 Å². The lowest BCUT2D eigenvalue weighted by Crippen LogP contribution is -2.28. The monoisotopic (exact) mass is 445 g/mol. The standard InChI is InChI=1S/C24H19N3O6/c1-16-7-12-20(21(13-16)27(30)31)26-24(29)23(18-5-3-2-4-6-18)33-22(28)15-32-19-10-8-17(14-25)9-11-19/h2-13,23H,15H2,1H3,(H,26,29). The number of nitro groups is 1. The van der Waals surface area contributed by atoms with Crippen LogP contribution in [-0.2, 0) is 14.3 Å². The number of hydrogen-bond acceptors (Lipinski definition) is 7. The second-order valence-electron chi connectivity index (χ2n) is 6.97. The van der Waals surface area contributed by atoms with Gasteiger partial charge in [0.25, 0.3) is 11.6 Å². The molecule has 0 aliphatic rings. The number of amides is 1. The molecule has 0 aromatic heterocycles. The van der Waals surface area contributed by atoms with Crippen LogP contribution in [0.1, 0.15) is 22.8 Å². The van der Waals surface area contributed by atoms with Gasteiger partial charge < -0.3 is 14.8 Å². The van der Waals surface area contributed by atoms with Gasteiger partial charge in [0.1, 0.15) is 11.4 Å². The lowest BCUT2D eigenvalue weighted by atomic mass is 10.1. The Labute approximate surface area is 189 Å². The van der Waals surface area contributed by atoms with Crippen molar-refractivity contribution < 1.29 is 24.0 Å². The Hall–Kier alpha value is -4.71. The van der Waals surface area contributed by atoms with Crippen LogP contribution in [0.2, 0.25) is 0 Å². The first-order chi connectivity index (χ1) is 15.9. The molecule has 0 bridgehead atoms. The molecule has 9 nitrogen and oxygen atoms in total. The third-order valence-electron chi connectivity index (χ3n) is 4.54. The van der Waals surface area contributed by atoms with Gasteiger partial charge in [0, 0.05) is 11.6 Å². The summed E-state index contributed by atoms with van der Waals surface area (Å²) in [6.45, 7) is 1.22. The second-order valence-corrected chi connectivity index (χ2v) is 6.97. The minimum Gasteiger partial charge on any atom is -0.482 e. The van der Waals surface area contributed by atoms with Gasteiger partial charge in [-0.3, -0.25) is 14.9 Å². The Morgan fingerprint density at radius 2 is 1.79 bits per heavy atom. The molecule has 0 aliphatic carbocycles. The highest BCUT2D eigenvalue weighted by molar-refractivity contribution is 5.97. The fourth-order valence-corrected chi connectivity index (χ4v) is 2.93. The van der Waals surface area contributed by atoms with Crippen LogP contribution in [0.3, 0.4) is 0 Å². The first kappa shape index (κ1) is 23.0.